The molecule has 4 aromatic heterocycles. The molecular formula is C34H37ClFN13OS. The van der Waals surface area contributed by atoms with Crippen molar-refractivity contribution in [2.24, 2.45) is 7.05 Å². The number of ether oxygens (including phenoxy) is 1. The van der Waals surface area contributed by atoms with E-state index in [1.807, 2.05) is 23.2 Å². The van der Waals surface area contributed by atoms with Crippen LogP contribution in [0, 0.1) is 24.8 Å². The molecule has 8 heterocycles. The molecule has 9 rings (SSSR count). The molecule has 0 unspecified atom stereocenters. The predicted octanol–water partition coefficient (Wildman–Crippen LogP) is 4.57. The van der Waals surface area contributed by atoms with E-state index >= 15 is 0 Å². The van der Waals surface area contributed by atoms with Gasteiger partial charge in [-0.15, -0.1) is 21.5 Å². The van der Waals surface area contributed by atoms with Gasteiger partial charge in [0.2, 0.25) is 0 Å². The Kier molecular flexibility index (Phi) is 7.47. The van der Waals surface area contributed by atoms with Crippen LogP contribution >= 0.6 is 22.9 Å². The Morgan fingerprint density at radius 3 is 2.71 bits per heavy atom. The number of aromatic nitrogens is 7. The molecular weight excluding hydrogens is 693 g/mol. The molecule has 2 atom stereocenters. The van der Waals surface area contributed by atoms with Gasteiger partial charge in [0.1, 0.15) is 47.0 Å². The number of hydrogen-bond donors (Lipinski definition) is 1. The second-order valence-electron chi connectivity index (χ2n) is 14.6. The highest BCUT2D eigenvalue weighted by Gasteiger charge is 2.53. The molecule has 14 nitrogen and oxygen atoms in total. The highest BCUT2D eigenvalue weighted by Crippen LogP contribution is 2.54. The maximum absolute atomic E-state index is 14.6. The van der Waals surface area contributed by atoms with Crippen molar-refractivity contribution in [3.63, 3.8) is 0 Å². The Hall–Kier alpha value is -4.51. The molecule has 17 heteroatoms. The van der Waals surface area contributed by atoms with Crippen LogP contribution in [-0.4, -0.2) is 90.5 Å². The van der Waals surface area contributed by atoms with Crippen LogP contribution in [0.2, 0.25) is 5.02 Å². The largest absolute Gasteiger partial charge is 0.461 e. The summed E-state index contributed by atoms with van der Waals surface area (Å²) in [5, 5.41) is 24.4. The summed E-state index contributed by atoms with van der Waals surface area (Å²) in [7, 11) is 1.88. The minimum atomic E-state index is -0.884. The van der Waals surface area contributed by atoms with E-state index in [4.69, 9.17) is 43.7 Å². The number of aryl methyl sites for hydroxylation is 3. The van der Waals surface area contributed by atoms with Crippen molar-refractivity contribution in [1.29, 1.82) is 5.26 Å². The highest BCUT2D eigenvalue weighted by atomic mass is 35.5. The average Bonchev–Trinajstić information content (AvgIpc) is 3.90. The Morgan fingerprint density at radius 1 is 1.16 bits per heavy atom. The lowest BCUT2D eigenvalue weighted by atomic mass is 9.74. The number of halogens is 2. The predicted molar refractivity (Wildman–Crippen MR) is 190 cm³/mol. The van der Waals surface area contributed by atoms with Crippen LogP contribution in [0.1, 0.15) is 59.6 Å². The van der Waals surface area contributed by atoms with Gasteiger partial charge in [-0.2, -0.15) is 20.3 Å². The van der Waals surface area contributed by atoms with Gasteiger partial charge in [-0.3, -0.25) is 9.58 Å². The minimum Gasteiger partial charge on any atom is -0.461 e. The maximum Gasteiger partial charge on any atom is 0.317 e. The second-order valence-corrected chi connectivity index (χ2v) is 16.1. The maximum atomic E-state index is 14.6. The van der Waals surface area contributed by atoms with Crippen LogP contribution in [0.4, 0.5) is 26.7 Å². The number of anilines is 3. The first kappa shape index (κ1) is 32.4. The quantitative estimate of drug-likeness (QED) is 0.279. The summed E-state index contributed by atoms with van der Waals surface area (Å²) in [4.78, 5) is 21.4. The van der Waals surface area contributed by atoms with Gasteiger partial charge in [-0.1, -0.05) is 11.6 Å². The number of thiophene rings is 1. The third kappa shape index (κ3) is 4.90. The van der Waals surface area contributed by atoms with Crippen LogP contribution in [-0.2, 0) is 32.0 Å². The van der Waals surface area contributed by atoms with E-state index in [1.54, 1.807) is 0 Å². The fourth-order valence-electron chi connectivity index (χ4n) is 9.06. The van der Waals surface area contributed by atoms with E-state index in [-0.39, 0.29) is 23.6 Å². The lowest BCUT2D eigenvalue weighted by Crippen LogP contribution is -2.59. The standard InChI is InChI=1S/C34H37ClFN13OS/c1-19-42-43-31(45(19)3)26-25(35)22-15-46(9-5-11-49(22)44-26)29-27(39-2)30(41-32(40-29)50-18-34-7-4-10-48(34)14-20(36)12-34)47-16-33(17-47)8-6-23-24(33)21(13-37)28(38)51-23/h20H,4-12,14-18,38H2,1,3H3/t20-,34+/m1/s1. The van der Waals surface area contributed by atoms with Crippen molar-refractivity contribution in [2.75, 3.05) is 54.9 Å². The zero-order chi connectivity index (χ0) is 35.2. The Balaban J connectivity index is 1.08. The molecule has 0 saturated carbocycles. The molecule has 51 heavy (non-hydrogen) atoms. The monoisotopic (exact) mass is 729 g/mol. The number of alkyl halides is 1. The Bertz CT molecular complexity index is 2160. The fraction of sp³-hybridized carbons (Fsp3) is 0.559. The van der Waals surface area contributed by atoms with E-state index in [9.17, 15) is 9.65 Å². The van der Waals surface area contributed by atoms with Crippen LogP contribution in [0.5, 0.6) is 6.01 Å². The summed E-state index contributed by atoms with van der Waals surface area (Å²) in [5.41, 5.74) is 8.99. The van der Waals surface area contributed by atoms with Crippen molar-refractivity contribution < 1.29 is 9.13 Å². The van der Waals surface area contributed by atoms with Gasteiger partial charge in [-0.05, 0) is 51.1 Å². The molecule has 264 valence electrons. The minimum absolute atomic E-state index is 0.167. The summed E-state index contributed by atoms with van der Waals surface area (Å²) < 4.78 is 24.9. The molecule has 1 aliphatic carbocycles. The zero-order valence-corrected chi connectivity index (χ0v) is 30.1. The smallest absolute Gasteiger partial charge is 0.317 e. The molecule has 2 N–H and O–H groups in total. The lowest BCUT2D eigenvalue weighted by molar-refractivity contribution is 0.107. The fourth-order valence-corrected chi connectivity index (χ4v) is 10.5. The molecule has 5 aliphatic rings. The van der Waals surface area contributed by atoms with Crippen molar-refractivity contribution in [3.05, 3.63) is 44.0 Å². The molecule has 4 aliphatic heterocycles. The van der Waals surface area contributed by atoms with E-state index in [1.165, 1.54) is 16.2 Å². The molecule has 0 aromatic carbocycles. The number of hydrogen-bond acceptors (Lipinski definition) is 12. The average molecular weight is 730 g/mol. The molecule has 0 bridgehead atoms. The van der Waals surface area contributed by atoms with E-state index in [0.717, 1.165) is 55.7 Å². The highest BCUT2D eigenvalue weighted by molar-refractivity contribution is 7.16. The first-order chi connectivity index (χ1) is 24.6. The number of nitrogen functional groups attached to an aromatic ring is 1. The van der Waals surface area contributed by atoms with Crippen LogP contribution in [0.3, 0.4) is 0 Å². The van der Waals surface area contributed by atoms with E-state index in [2.05, 4.69) is 35.8 Å². The summed E-state index contributed by atoms with van der Waals surface area (Å²) >= 11 is 8.55. The first-order valence-corrected chi connectivity index (χ1v) is 18.6. The van der Waals surface area contributed by atoms with E-state index in [0.29, 0.717) is 90.1 Å². The molecule has 3 saturated heterocycles. The molecule has 4 aromatic rings. The Labute approximate surface area is 303 Å². The second kappa shape index (κ2) is 11.8. The number of fused-ring (bicyclic) bond motifs is 4. The molecule has 0 amide bonds. The normalized spacial score (nSPS) is 23.5. The van der Waals surface area contributed by atoms with Crippen LogP contribution in [0.25, 0.3) is 16.4 Å². The van der Waals surface area contributed by atoms with E-state index < -0.39 is 6.17 Å². The van der Waals surface area contributed by atoms with Gasteiger partial charge in [0.05, 0.1) is 34.9 Å². The summed E-state index contributed by atoms with van der Waals surface area (Å²) in [6, 6.07) is 2.51. The summed E-state index contributed by atoms with van der Waals surface area (Å²) in [6.07, 6.45) is 3.93. The van der Waals surface area contributed by atoms with Crippen molar-refractivity contribution in [3.8, 4) is 23.6 Å². The molecule has 1 spiro atoms. The third-order valence-corrected chi connectivity index (χ3v) is 13.1. The van der Waals surface area contributed by atoms with Gasteiger partial charge in [0.15, 0.2) is 5.82 Å². The van der Waals surface area contributed by atoms with Crippen LogP contribution < -0.4 is 20.3 Å². The van der Waals surface area contributed by atoms with Crippen molar-refractivity contribution >= 4 is 45.3 Å². The number of nitriles is 1. The topological polar surface area (TPSA) is 147 Å². The van der Waals surface area contributed by atoms with Gasteiger partial charge < -0.3 is 24.8 Å². The number of rotatable bonds is 6. The zero-order valence-electron chi connectivity index (χ0n) is 28.5. The summed E-state index contributed by atoms with van der Waals surface area (Å²) in [5.74, 6) is 2.30. The Morgan fingerprint density at radius 2 is 1.96 bits per heavy atom. The van der Waals surface area contributed by atoms with Gasteiger partial charge in [-0.25, -0.2) is 9.24 Å². The number of nitrogens with zero attached hydrogens (tertiary/aromatic N) is 12. The first-order valence-electron chi connectivity index (χ1n) is 17.4. The van der Waals surface area contributed by atoms with Crippen LogP contribution in [0.15, 0.2) is 0 Å². The lowest BCUT2D eigenvalue weighted by Gasteiger charge is -2.50. The van der Waals surface area contributed by atoms with Gasteiger partial charge in [0.25, 0.3) is 5.69 Å². The SMILES string of the molecule is [C-]#[N+]c1c(N2CCCn3nc(-c4nnc(C)n4C)c(Cl)c3C2)nc(OC[C@@]23CCCN2C[C@H](F)C3)nc1N1CC2(CCc3sc(N)c(C#N)c32)C1. The van der Waals surface area contributed by atoms with Crippen molar-refractivity contribution in [2.45, 2.75) is 75.7 Å². The number of nitrogens with two attached hydrogens (primary N) is 1. The summed E-state index contributed by atoms with van der Waals surface area (Å²) in [6.45, 7) is 14.6. The molecule has 0 radical (unpaired) electrons. The van der Waals surface area contributed by atoms with Gasteiger partial charge in [0, 0.05) is 56.5 Å². The van der Waals surface area contributed by atoms with Crippen molar-refractivity contribution in [1.82, 2.24) is 39.4 Å². The third-order valence-electron chi connectivity index (χ3n) is 11.7. The van der Waals surface area contributed by atoms with Gasteiger partial charge >= 0.3 is 6.01 Å². The molecule has 3 fully saturated rings.